The molecule has 1 N–H and O–H groups in total. The number of hydrogen-bond acceptors (Lipinski definition) is 4. The molecule has 2 heterocycles. The van der Waals surface area contributed by atoms with E-state index in [0.29, 0.717) is 24.0 Å². The zero-order valence-corrected chi connectivity index (χ0v) is 14.2. The van der Waals surface area contributed by atoms with Gasteiger partial charge in [0.25, 0.3) is 5.91 Å². The number of carbonyl (C=O) groups excluding carboxylic acids is 1. The topological polar surface area (TPSA) is 59.4 Å². The summed E-state index contributed by atoms with van der Waals surface area (Å²) in [7, 11) is 1.55. The molecule has 0 saturated carbocycles. The second-order valence-corrected chi connectivity index (χ2v) is 6.13. The van der Waals surface area contributed by atoms with E-state index in [0.717, 1.165) is 18.8 Å². The molecule has 6 heteroatoms. The van der Waals surface area contributed by atoms with E-state index in [-0.39, 0.29) is 5.91 Å². The van der Waals surface area contributed by atoms with Gasteiger partial charge in [-0.05, 0) is 45.0 Å². The van der Waals surface area contributed by atoms with Gasteiger partial charge in [0.2, 0.25) is 0 Å². The highest BCUT2D eigenvalue weighted by Crippen LogP contribution is 2.19. The molecule has 24 heavy (non-hydrogen) atoms. The van der Waals surface area contributed by atoms with Crippen molar-refractivity contribution in [2.24, 2.45) is 0 Å². The summed E-state index contributed by atoms with van der Waals surface area (Å²) in [6.45, 7) is 4.98. The second-order valence-electron chi connectivity index (χ2n) is 6.13. The SMILES string of the molecule is COc1cn(-c2ccccc2)nc1C(=O)NC[C@@H](C)N1CCCC1. The van der Waals surface area contributed by atoms with Crippen LogP contribution in [0.25, 0.3) is 5.69 Å². The van der Waals surface area contributed by atoms with Crippen LogP contribution < -0.4 is 10.1 Å². The molecule has 1 aromatic carbocycles. The molecule has 128 valence electrons. The highest BCUT2D eigenvalue weighted by Gasteiger charge is 2.21. The van der Waals surface area contributed by atoms with E-state index < -0.39 is 0 Å². The van der Waals surface area contributed by atoms with Gasteiger partial charge in [-0.15, -0.1) is 0 Å². The van der Waals surface area contributed by atoms with Crippen LogP contribution in [0.5, 0.6) is 5.75 Å². The molecule has 1 aromatic heterocycles. The van der Waals surface area contributed by atoms with Crippen LogP contribution in [0.3, 0.4) is 0 Å². The number of benzene rings is 1. The first-order valence-corrected chi connectivity index (χ1v) is 8.40. The summed E-state index contributed by atoms with van der Waals surface area (Å²) in [5.74, 6) is 0.276. The summed E-state index contributed by atoms with van der Waals surface area (Å²) in [4.78, 5) is 14.9. The highest BCUT2D eigenvalue weighted by molar-refractivity contribution is 5.95. The summed E-state index contributed by atoms with van der Waals surface area (Å²) < 4.78 is 6.98. The first-order chi connectivity index (χ1) is 11.7. The summed E-state index contributed by atoms with van der Waals surface area (Å²) >= 11 is 0. The number of nitrogens with one attached hydrogen (secondary N) is 1. The van der Waals surface area contributed by atoms with E-state index in [4.69, 9.17) is 4.74 Å². The van der Waals surface area contributed by atoms with Gasteiger partial charge < -0.3 is 10.1 Å². The molecular weight excluding hydrogens is 304 g/mol. The van der Waals surface area contributed by atoms with E-state index >= 15 is 0 Å². The fourth-order valence-corrected chi connectivity index (χ4v) is 3.01. The van der Waals surface area contributed by atoms with Crippen molar-refractivity contribution in [2.75, 3.05) is 26.7 Å². The molecular formula is C18H24N4O2. The Hall–Kier alpha value is -2.34. The second kappa shape index (κ2) is 7.49. The molecule has 1 fully saturated rings. The standard InChI is InChI=1S/C18H24N4O2/c1-14(21-10-6-7-11-21)12-19-18(23)17-16(24-2)13-22(20-17)15-8-4-3-5-9-15/h3-5,8-9,13-14H,6-7,10-12H2,1-2H3,(H,19,23)/t14-/m1/s1. The minimum Gasteiger partial charge on any atom is -0.493 e. The first kappa shape index (κ1) is 16.5. The molecule has 6 nitrogen and oxygen atoms in total. The van der Waals surface area contributed by atoms with E-state index in [2.05, 4.69) is 22.2 Å². The zero-order chi connectivity index (χ0) is 16.9. The van der Waals surface area contributed by atoms with Gasteiger partial charge in [0.05, 0.1) is 19.0 Å². The summed E-state index contributed by atoms with van der Waals surface area (Å²) in [6, 6.07) is 10.0. The first-order valence-electron chi connectivity index (χ1n) is 8.40. The van der Waals surface area contributed by atoms with Crippen molar-refractivity contribution in [1.29, 1.82) is 0 Å². The Bertz CT molecular complexity index is 678. The Morgan fingerprint density at radius 2 is 2.00 bits per heavy atom. The van der Waals surface area contributed by atoms with Crippen molar-refractivity contribution in [1.82, 2.24) is 20.0 Å². The maximum atomic E-state index is 12.5. The quantitative estimate of drug-likeness (QED) is 0.882. The van der Waals surface area contributed by atoms with Crippen molar-refractivity contribution in [3.05, 3.63) is 42.2 Å². The lowest BCUT2D eigenvalue weighted by Gasteiger charge is -2.23. The van der Waals surface area contributed by atoms with Crippen molar-refractivity contribution < 1.29 is 9.53 Å². The van der Waals surface area contributed by atoms with Gasteiger partial charge >= 0.3 is 0 Å². The lowest BCUT2D eigenvalue weighted by molar-refractivity contribution is 0.0932. The number of carbonyl (C=O) groups is 1. The molecule has 1 saturated heterocycles. The van der Waals surface area contributed by atoms with Crippen LogP contribution in [0.2, 0.25) is 0 Å². The fourth-order valence-electron chi connectivity index (χ4n) is 3.01. The monoisotopic (exact) mass is 328 g/mol. The molecule has 3 rings (SSSR count). The number of amides is 1. The number of para-hydroxylation sites is 1. The minimum absolute atomic E-state index is 0.201. The molecule has 1 atom stereocenters. The van der Waals surface area contributed by atoms with Gasteiger partial charge in [-0.2, -0.15) is 5.10 Å². The van der Waals surface area contributed by atoms with Crippen LogP contribution in [-0.4, -0.2) is 53.4 Å². The average Bonchev–Trinajstić information content (AvgIpc) is 3.29. The lowest BCUT2D eigenvalue weighted by atomic mass is 10.3. The molecule has 0 aliphatic carbocycles. The van der Waals surface area contributed by atoms with E-state index in [1.165, 1.54) is 12.8 Å². The third kappa shape index (κ3) is 3.59. The molecule has 0 unspecified atom stereocenters. The molecule has 1 amide bonds. The molecule has 1 aliphatic heterocycles. The third-order valence-corrected chi connectivity index (χ3v) is 4.46. The number of rotatable bonds is 6. The number of ether oxygens (including phenoxy) is 1. The predicted octanol–water partition coefficient (Wildman–Crippen LogP) is 2.09. The van der Waals surface area contributed by atoms with Crippen molar-refractivity contribution in [3.8, 4) is 11.4 Å². The fraction of sp³-hybridized carbons (Fsp3) is 0.444. The Morgan fingerprint density at radius 3 is 2.67 bits per heavy atom. The molecule has 2 aromatic rings. The molecule has 0 radical (unpaired) electrons. The molecule has 0 spiro atoms. The number of likely N-dealkylation sites (tertiary alicyclic amines) is 1. The van der Waals surface area contributed by atoms with Gasteiger partial charge in [0, 0.05) is 12.6 Å². The normalized spacial score (nSPS) is 16.1. The van der Waals surface area contributed by atoms with Gasteiger partial charge in [-0.1, -0.05) is 18.2 Å². The Balaban J connectivity index is 1.68. The number of hydrogen-bond donors (Lipinski definition) is 1. The Kier molecular flexibility index (Phi) is 5.15. The van der Waals surface area contributed by atoms with Crippen LogP contribution >= 0.6 is 0 Å². The zero-order valence-electron chi connectivity index (χ0n) is 14.2. The van der Waals surface area contributed by atoms with Gasteiger partial charge in [-0.25, -0.2) is 4.68 Å². The van der Waals surface area contributed by atoms with Gasteiger partial charge in [0.15, 0.2) is 11.4 Å². The predicted molar refractivity (Wildman–Crippen MR) is 92.7 cm³/mol. The van der Waals surface area contributed by atoms with Crippen LogP contribution in [0.1, 0.15) is 30.3 Å². The van der Waals surface area contributed by atoms with Crippen molar-refractivity contribution in [2.45, 2.75) is 25.8 Å². The van der Waals surface area contributed by atoms with Crippen LogP contribution in [-0.2, 0) is 0 Å². The molecule has 0 bridgehead atoms. The van der Waals surface area contributed by atoms with Crippen LogP contribution in [0.4, 0.5) is 0 Å². The number of methoxy groups -OCH3 is 1. The number of aromatic nitrogens is 2. The van der Waals surface area contributed by atoms with Gasteiger partial charge in [0.1, 0.15) is 0 Å². The van der Waals surface area contributed by atoms with E-state index in [9.17, 15) is 4.79 Å². The van der Waals surface area contributed by atoms with E-state index in [1.54, 1.807) is 18.0 Å². The summed E-state index contributed by atoms with van der Waals surface area (Å²) in [5.41, 5.74) is 1.20. The third-order valence-electron chi connectivity index (χ3n) is 4.46. The largest absolute Gasteiger partial charge is 0.493 e. The van der Waals surface area contributed by atoms with Crippen molar-refractivity contribution >= 4 is 5.91 Å². The highest BCUT2D eigenvalue weighted by atomic mass is 16.5. The maximum Gasteiger partial charge on any atom is 0.275 e. The maximum absolute atomic E-state index is 12.5. The van der Waals surface area contributed by atoms with Gasteiger partial charge in [-0.3, -0.25) is 9.69 Å². The summed E-state index contributed by atoms with van der Waals surface area (Å²) in [6.07, 6.45) is 4.22. The minimum atomic E-state index is -0.201. The Labute approximate surface area is 142 Å². The smallest absolute Gasteiger partial charge is 0.275 e. The van der Waals surface area contributed by atoms with Crippen LogP contribution in [0.15, 0.2) is 36.5 Å². The molecule has 1 aliphatic rings. The Morgan fingerprint density at radius 1 is 1.29 bits per heavy atom. The lowest BCUT2D eigenvalue weighted by Crippen LogP contribution is -2.40. The number of nitrogens with zero attached hydrogens (tertiary/aromatic N) is 3. The summed E-state index contributed by atoms with van der Waals surface area (Å²) in [5, 5.41) is 7.37. The van der Waals surface area contributed by atoms with Crippen LogP contribution in [0, 0.1) is 0 Å². The van der Waals surface area contributed by atoms with E-state index in [1.807, 2.05) is 30.3 Å². The van der Waals surface area contributed by atoms with Crippen molar-refractivity contribution in [3.63, 3.8) is 0 Å². The average molecular weight is 328 g/mol.